The van der Waals surface area contributed by atoms with Crippen molar-refractivity contribution in [2.24, 2.45) is 11.5 Å². The molecule has 70 valence electrons. The minimum absolute atomic E-state index is 0.188. The topological polar surface area (TPSA) is 101 Å². The number of carbonyl (C=O) groups is 1. The van der Waals surface area contributed by atoms with Crippen LogP contribution in [0.1, 0.15) is 12.8 Å². The maximum atomic E-state index is 10.5. The van der Waals surface area contributed by atoms with Crippen LogP contribution >= 0.6 is 0 Å². The minimum Gasteiger partial charge on any atom is -0.393 e. The Morgan fingerprint density at radius 3 is 2.67 bits per heavy atom. The molecule has 0 aliphatic heterocycles. The first-order chi connectivity index (χ1) is 5.59. The number of amides is 1. The first-order valence-corrected chi connectivity index (χ1v) is 4.06. The number of aliphatic hydroxyl groups excluding tert-OH is 1. The molecule has 0 radical (unpaired) electrons. The van der Waals surface area contributed by atoms with Gasteiger partial charge in [0.15, 0.2) is 0 Å². The number of aliphatic hydroxyl groups is 1. The molecule has 12 heavy (non-hydrogen) atoms. The zero-order chi connectivity index (χ0) is 9.14. The van der Waals surface area contributed by atoms with Gasteiger partial charge in [0.25, 0.3) is 0 Å². The number of primary amides is 1. The maximum Gasteiger partial charge on any atom is 0.235 e. The monoisotopic (exact) mass is 173 g/mol. The highest BCUT2D eigenvalue weighted by molar-refractivity contribution is 5.79. The second-order valence-corrected chi connectivity index (χ2v) is 3.24. The Balaban J connectivity index is 2.06. The van der Waals surface area contributed by atoms with E-state index < -0.39 is 11.9 Å². The van der Waals surface area contributed by atoms with Crippen LogP contribution in [-0.4, -0.2) is 35.7 Å². The van der Waals surface area contributed by atoms with Gasteiger partial charge in [-0.3, -0.25) is 4.79 Å². The summed E-state index contributed by atoms with van der Waals surface area (Å²) in [5, 5.41) is 12.0. The minimum atomic E-state index is -0.622. The average Bonchev–Trinajstić information content (AvgIpc) is 1.95. The Morgan fingerprint density at radius 2 is 2.25 bits per heavy atom. The quantitative estimate of drug-likeness (QED) is 0.391. The average molecular weight is 173 g/mol. The zero-order valence-electron chi connectivity index (χ0n) is 6.86. The molecule has 0 heterocycles. The number of nitrogens with two attached hydrogens (primary N) is 2. The van der Waals surface area contributed by atoms with E-state index in [1.54, 1.807) is 0 Å². The lowest BCUT2D eigenvalue weighted by Gasteiger charge is -2.32. The summed E-state index contributed by atoms with van der Waals surface area (Å²) < 4.78 is 0. The van der Waals surface area contributed by atoms with Crippen LogP contribution in [0.5, 0.6) is 0 Å². The van der Waals surface area contributed by atoms with E-state index in [0.717, 1.165) is 12.8 Å². The lowest BCUT2D eigenvalue weighted by atomic mass is 9.89. The van der Waals surface area contributed by atoms with Gasteiger partial charge in [-0.15, -0.1) is 0 Å². The first kappa shape index (κ1) is 9.44. The van der Waals surface area contributed by atoms with E-state index in [2.05, 4.69) is 5.32 Å². The fraction of sp³-hybridized carbons (Fsp3) is 0.857. The normalized spacial score (nSPS) is 30.8. The number of nitrogens with one attached hydrogen (secondary N) is 1. The highest BCUT2D eigenvalue weighted by atomic mass is 16.3. The van der Waals surface area contributed by atoms with E-state index in [-0.39, 0.29) is 6.10 Å². The second kappa shape index (κ2) is 3.84. The molecule has 1 rings (SSSR count). The van der Waals surface area contributed by atoms with E-state index in [9.17, 15) is 4.79 Å². The van der Waals surface area contributed by atoms with Crippen LogP contribution in [0.15, 0.2) is 0 Å². The van der Waals surface area contributed by atoms with Crippen molar-refractivity contribution in [3.05, 3.63) is 0 Å². The van der Waals surface area contributed by atoms with Crippen LogP contribution in [0.3, 0.4) is 0 Å². The van der Waals surface area contributed by atoms with Crippen LogP contribution in [0.4, 0.5) is 0 Å². The predicted octanol–water partition coefficient (Wildman–Crippen LogP) is -2.09. The Morgan fingerprint density at radius 1 is 1.67 bits per heavy atom. The number of hydrogen-bond donors (Lipinski definition) is 4. The fourth-order valence-corrected chi connectivity index (χ4v) is 1.15. The smallest absolute Gasteiger partial charge is 0.235 e. The van der Waals surface area contributed by atoms with Crippen molar-refractivity contribution < 1.29 is 9.90 Å². The van der Waals surface area contributed by atoms with Crippen LogP contribution in [0, 0.1) is 0 Å². The van der Waals surface area contributed by atoms with Crippen molar-refractivity contribution in [3.63, 3.8) is 0 Å². The molecule has 0 bridgehead atoms. The number of rotatable bonds is 4. The van der Waals surface area contributed by atoms with Gasteiger partial charge >= 0.3 is 0 Å². The molecule has 0 saturated heterocycles. The van der Waals surface area contributed by atoms with Gasteiger partial charge in [-0.05, 0) is 12.8 Å². The van der Waals surface area contributed by atoms with Gasteiger partial charge in [-0.2, -0.15) is 0 Å². The Bertz CT molecular complexity index is 168. The Kier molecular flexibility index (Phi) is 3.02. The second-order valence-electron chi connectivity index (χ2n) is 3.24. The molecule has 0 aromatic rings. The van der Waals surface area contributed by atoms with Crippen molar-refractivity contribution in [2.45, 2.75) is 31.0 Å². The van der Waals surface area contributed by atoms with Gasteiger partial charge in [0.05, 0.1) is 12.1 Å². The molecule has 5 heteroatoms. The number of hydrogen-bond acceptors (Lipinski definition) is 4. The summed E-state index contributed by atoms with van der Waals surface area (Å²) in [6, 6.07) is -0.326. The van der Waals surface area contributed by atoms with E-state index in [1.165, 1.54) is 0 Å². The third kappa shape index (κ3) is 2.44. The largest absolute Gasteiger partial charge is 0.393 e. The standard InChI is InChI=1S/C7H15N3O2/c8-6(7(9)12)3-10-4-1-5(11)2-4/h4-6,10-11H,1-3,8H2,(H2,9,12). The zero-order valence-corrected chi connectivity index (χ0v) is 6.86. The summed E-state index contributed by atoms with van der Waals surface area (Å²) >= 11 is 0. The molecule has 0 aromatic carbocycles. The molecule has 1 unspecified atom stereocenters. The number of carbonyl (C=O) groups excluding carboxylic acids is 1. The molecule has 1 aliphatic rings. The lowest BCUT2D eigenvalue weighted by molar-refractivity contribution is -0.119. The van der Waals surface area contributed by atoms with E-state index in [1.807, 2.05) is 0 Å². The molecular weight excluding hydrogens is 158 g/mol. The highest BCUT2D eigenvalue weighted by Crippen LogP contribution is 2.18. The van der Waals surface area contributed by atoms with Gasteiger partial charge in [-0.25, -0.2) is 0 Å². The molecule has 1 fully saturated rings. The summed E-state index contributed by atoms with van der Waals surface area (Å²) in [6.07, 6.45) is 1.30. The molecule has 0 spiro atoms. The first-order valence-electron chi connectivity index (χ1n) is 4.06. The molecule has 5 nitrogen and oxygen atoms in total. The van der Waals surface area contributed by atoms with Crippen LogP contribution in [0.25, 0.3) is 0 Å². The Labute approximate surface area is 71.1 Å². The third-order valence-corrected chi connectivity index (χ3v) is 2.11. The molecule has 1 amide bonds. The highest BCUT2D eigenvalue weighted by Gasteiger charge is 2.27. The molecule has 1 aliphatic carbocycles. The summed E-state index contributed by atoms with van der Waals surface area (Å²) in [5.74, 6) is -0.498. The van der Waals surface area contributed by atoms with Gasteiger partial charge < -0.3 is 21.9 Å². The molecule has 1 saturated carbocycles. The maximum absolute atomic E-state index is 10.5. The fourth-order valence-electron chi connectivity index (χ4n) is 1.15. The van der Waals surface area contributed by atoms with Gasteiger partial charge in [0.1, 0.15) is 0 Å². The van der Waals surface area contributed by atoms with Crippen LogP contribution < -0.4 is 16.8 Å². The lowest BCUT2D eigenvalue weighted by Crippen LogP contribution is -2.51. The van der Waals surface area contributed by atoms with Crippen LogP contribution in [0.2, 0.25) is 0 Å². The van der Waals surface area contributed by atoms with E-state index in [0.29, 0.717) is 12.6 Å². The summed E-state index contributed by atoms with van der Waals surface area (Å²) in [6.45, 7) is 0.396. The summed E-state index contributed by atoms with van der Waals surface area (Å²) in [4.78, 5) is 10.5. The summed E-state index contributed by atoms with van der Waals surface area (Å²) in [7, 11) is 0. The van der Waals surface area contributed by atoms with Gasteiger partial charge in [-0.1, -0.05) is 0 Å². The predicted molar refractivity (Wildman–Crippen MR) is 44.2 cm³/mol. The van der Waals surface area contributed by atoms with Crippen molar-refractivity contribution in [3.8, 4) is 0 Å². The molecular formula is C7H15N3O2. The summed E-state index contributed by atoms with van der Waals surface area (Å²) in [5.41, 5.74) is 10.3. The van der Waals surface area contributed by atoms with Crippen molar-refractivity contribution in [1.29, 1.82) is 0 Å². The van der Waals surface area contributed by atoms with Crippen molar-refractivity contribution in [1.82, 2.24) is 5.32 Å². The van der Waals surface area contributed by atoms with E-state index >= 15 is 0 Å². The molecule has 6 N–H and O–H groups in total. The van der Waals surface area contributed by atoms with Gasteiger partial charge in [0, 0.05) is 12.6 Å². The van der Waals surface area contributed by atoms with Gasteiger partial charge in [0.2, 0.25) is 5.91 Å². The third-order valence-electron chi connectivity index (χ3n) is 2.11. The van der Waals surface area contributed by atoms with Crippen molar-refractivity contribution >= 4 is 5.91 Å². The molecule has 1 atom stereocenters. The Hall–Kier alpha value is -0.650. The van der Waals surface area contributed by atoms with Crippen LogP contribution in [-0.2, 0) is 4.79 Å². The van der Waals surface area contributed by atoms with E-state index in [4.69, 9.17) is 16.6 Å². The SMILES string of the molecule is NC(=O)C(N)CNC1CC(O)C1. The van der Waals surface area contributed by atoms with Crippen molar-refractivity contribution in [2.75, 3.05) is 6.54 Å². The molecule has 0 aromatic heterocycles.